The van der Waals surface area contributed by atoms with Crippen LogP contribution in [0.3, 0.4) is 0 Å². The monoisotopic (exact) mass is 299 g/mol. The number of nitrogens with one attached hydrogen (secondary N) is 1. The lowest BCUT2D eigenvalue weighted by atomic mass is 10.1. The molecule has 0 radical (unpaired) electrons. The number of hydrogen-bond acceptors (Lipinski definition) is 2. The highest BCUT2D eigenvalue weighted by Gasteiger charge is 2.16. The van der Waals surface area contributed by atoms with Crippen LogP contribution in [0.5, 0.6) is 0 Å². The lowest BCUT2D eigenvalue weighted by molar-refractivity contribution is 0.0953. The van der Waals surface area contributed by atoms with E-state index < -0.39 is 0 Å². The summed E-state index contributed by atoms with van der Waals surface area (Å²) in [6, 6.07) is 1.56. The van der Waals surface area contributed by atoms with Gasteiger partial charge in [0.25, 0.3) is 5.91 Å². The molecule has 1 rings (SSSR count). The molecule has 0 saturated carbocycles. The number of hydrogen-bond donors (Lipinski definition) is 1. The van der Waals surface area contributed by atoms with Crippen molar-refractivity contribution in [3.05, 3.63) is 20.3 Å². The number of rotatable bonds is 4. The normalized spacial score (nSPS) is 12.9. The van der Waals surface area contributed by atoms with Gasteiger partial charge in [-0.25, -0.2) is 0 Å². The molecular formula is C10H12Cl3NOS. The van der Waals surface area contributed by atoms with E-state index in [9.17, 15) is 4.79 Å². The zero-order valence-electron chi connectivity index (χ0n) is 8.89. The molecule has 1 N–H and O–H groups in total. The van der Waals surface area contributed by atoms with Crippen molar-refractivity contribution in [2.45, 2.75) is 19.2 Å². The van der Waals surface area contributed by atoms with Crippen molar-refractivity contribution in [2.24, 2.45) is 5.92 Å². The Labute approximate surface area is 114 Å². The van der Waals surface area contributed by atoms with Crippen LogP contribution < -0.4 is 5.32 Å². The third-order valence-electron chi connectivity index (χ3n) is 2.08. The number of amides is 1. The van der Waals surface area contributed by atoms with Gasteiger partial charge in [-0.1, -0.05) is 37.0 Å². The van der Waals surface area contributed by atoms with E-state index in [0.717, 1.165) is 0 Å². The Bertz CT molecular complexity index is 378. The van der Waals surface area contributed by atoms with Crippen molar-refractivity contribution in [2.75, 3.05) is 6.54 Å². The van der Waals surface area contributed by atoms with Crippen molar-refractivity contribution in [3.8, 4) is 0 Å². The summed E-state index contributed by atoms with van der Waals surface area (Å²) in [5.41, 5.74) is 0.407. The van der Waals surface area contributed by atoms with E-state index in [-0.39, 0.29) is 11.3 Å². The molecular weight excluding hydrogens is 289 g/mol. The van der Waals surface area contributed by atoms with Crippen LogP contribution in [0.25, 0.3) is 0 Å². The molecule has 6 heteroatoms. The fourth-order valence-electron chi connectivity index (χ4n) is 1.02. The smallest absolute Gasteiger partial charge is 0.253 e. The standard InChI is InChI=1S/C10H12Cl3NOS/c1-5(2)7(11)4-14-10(15)6-3-8(12)16-9(6)13/h3,5,7H,4H2,1-2H3,(H,14,15). The molecule has 0 aliphatic carbocycles. The zero-order chi connectivity index (χ0) is 12.3. The van der Waals surface area contributed by atoms with Gasteiger partial charge >= 0.3 is 0 Å². The van der Waals surface area contributed by atoms with Gasteiger partial charge in [-0.15, -0.1) is 22.9 Å². The van der Waals surface area contributed by atoms with Crippen LogP contribution in [0.15, 0.2) is 6.07 Å². The quantitative estimate of drug-likeness (QED) is 0.835. The Morgan fingerprint density at radius 2 is 2.12 bits per heavy atom. The third kappa shape index (κ3) is 3.81. The minimum Gasteiger partial charge on any atom is -0.350 e. The van der Waals surface area contributed by atoms with Gasteiger partial charge < -0.3 is 5.32 Å². The summed E-state index contributed by atoms with van der Waals surface area (Å²) >= 11 is 18.8. The van der Waals surface area contributed by atoms with Crippen LogP contribution in [0.1, 0.15) is 24.2 Å². The summed E-state index contributed by atoms with van der Waals surface area (Å²) in [7, 11) is 0. The second kappa shape index (κ2) is 6.10. The molecule has 90 valence electrons. The molecule has 0 fully saturated rings. The molecule has 0 saturated heterocycles. The van der Waals surface area contributed by atoms with Gasteiger partial charge in [-0.2, -0.15) is 0 Å². The Kier molecular flexibility index (Phi) is 5.38. The van der Waals surface area contributed by atoms with E-state index in [4.69, 9.17) is 34.8 Å². The molecule has 1 unspecified atom stereocenters. The van der Waals surface area contributed by atoms with Crippen molar-refractivity contribution in [1.29, 1.82) is 0 Å². The van der Waals surface area contributed by atoms with Crippen LogP contribution in [-0.4, -0.2) is 17.8 Å². The molecule has 2 nitrogen and oxygen atoms in total. The van der Waals surface area contributed by atoms with E-state index in [2.05, 4.69) is 5.32 Å². The number of halogens is 3. The predicted molar refractivity (Wildman–Crippen MR) is 71.2 cm³/mol. The van der Waals surface area contributed by atoms with Gasteiger partial charge in [0, 0.05) is 6.54 Å². The topological polar surface area (TPSA) is 29.1 Å². The van der Waals surface area contributed by atoms with Crippen molar-refractivity contribution in [3.63, 3.8) is 0 Å². The lowest BCUT2D eigenvalue weighted by Crippen LogP contribution is -2.31. The molecule has 0 bridgehead atoms. The van der Waals surface area contributed by atoms with Gasteiger partial charge in [0.1, 0.15) is 4.34 Å². The van der Waals surface area contributed by atoms with Crippen LogP contribution in [0, 0.1) is 5.92 Å². The summed E-state index contributed by atoms with van der Waals surface area (Å²) in [6.07, 6.45) is 0. The first-order valence-electron chi connectivity index (χ1n) is 4.79. The van der Waals surface area contributed by atoms with Gasteiger partial charge in [0.2, 0.25) is 0 Å². The molecule has 1 atom stereocenters. The summed E-state index contributed by atoms with van der Waals surface area (Å²) in [6.45, 7) is 4.42. The van der Waals surface area contributed by atoms with Crippen LogP contribution in [-0.2, 0) is 0 Å². The molecule has 16 heavy (non-hydrogen) atoms. The van der Waals surface area contributed by atoms with Crippen molar-refractivity contribution >= 4 is 52.0 Å². The van der Waals surface area contributed by atoms with E-state index in [1.807, 2.05) is 13.8 Å². The second-order valence-electron chi connectivity index (χ2n) is 3.71. The highest BCUT2D eigenvalue weighted by atomic mass is 35.5. The summed E-state index contributed by atoms with van der Waals surface area (Å²) in [5, 5.41) is 2.64. The number of alkyl halides is 1. The number of thiophene rings is 1. The molecule has 1 aromatic heterocycles. The molecule has 0 spiro atoms. The Balaban J connectivity index is 2.56. The van der Waals surface area contributed by atoms with Gasteiger partial charge in [-0.05, 0) is 12.0 Å². The zero-order valence-corrected chi connectivity index (χ0v) is 12.0. The van der Waals surface area contributed by atoms with Crippen LogP contribution in [0.4, 0.5) is 0 Å². The Morgan fingerprint density at radius 3 is 2.56 bits per heavy atom. The van der Waals surface area contributed by atoms with Gasteiger partial charge in [0.05, 0.1) is 15.3 Å². The first-order valence-corrected chi connectivity index (χ1v) is 6.79. The second-order valence-corrected chi connectivity index (χ2v) is 6.55. The summed E-state index contributed by atoms with van der Waals surface area (Å²) in [4.78, 5) is 11.7. The summed E-state index contributed by atoms with van der Waals surface area (Å²) < 4.78 is 0.902. The number of carbonyl (C=O) groups is 1. The fraction of sp³-hybridized carbons (Fsp3) is 0.500. The minimum absolute atomic E-state index is 0.0863. The van der Waals surface area contributed by atoms with E-state index >= 15 is 0 Å². The van der Waals surface area contributed by atoms with Crippen molar-refractivity contribution in [1.82, 2.24) is 5.32 Å². The van der Waals surface area contributed by atoms with Crippen LogP contribution >= 0.6 is 46.1 Å². The molecule has 1 amide bonds. The van der Waals surface area contributed by atoms with Gasteiger partial charge in [-0.3, -0.25) is 4.79 Å². The van der Waals surface area contributed by atoms with E-state index in [1.165, 1.54) is 11.3 Å². The largest absolute Gasteiger partial charge is 0.350 e. The SMILES string of the molecule is CC(C)C(Cl)CNC(=O)c1cc(Cl)sc1Cl. The molecule has 0 aliphatic rings. The maximum atomic E-state index is 11.7. The van der Waals surface area contributed by atoms with Crippen molar-refractivity contribution < 1.29 is 4.79 Å². The third-order valence-corrected chi connectivity index (χ3v) is 4.23. The average Bonchev–Trinajstić information content (AvgIpc) is 2.53. The Morgan fingerprint density at radius 1 is 1.50 bits per heavy atom. The van der Waals surface area contributed by atoms with Crippen LogP contribution in [0.2, 0.25) is 8.67 Å². The Hall–Kier alpha value is 0.0400. The maximum absolute atomic E-state index is 11.7. The highest BCUT2D eigenvalue weighted by molar-refractivity contribution is 7.20. The number of carbonyl (C=O) groups excluding carboxylic acids is 1. The molecule has 0 aromatic carbocycles. The van der Waals surface area contributed by atoms with Gasteiger partial charge in [0.15, 0.2) is 0 Å². The average molecular weight is 301 g/mol. The maximum Gasteiger partial charge on any atom is 0.253 e. The first-order chi connectivity index (χ1) is 7.41. The molecule has 1 aromatic rings. The van der Waals surface area contributed by atoms with E-state index in [0.29, 0.717) is 26.7 Å². The first kappa shape index (κ1) is 14.1. The highest BCUT2D eigenvalue weighted by Crippen LogP contribution is 2.30. The molecule has 1 heterocycles. The molecule has 0 aliphatic heterocycles. The summed E-state index contributed by atoms with van der Waals surface area (Å²) in [5.74, 6) is 0.0722. The predicted octanol–water partition coefficient (Wildman–Crippen LogP) is 4.05. The van der Waals surface area contributed by atoms with E-state index in [1.54, 1.807) is 6.07 Å². The fourth-order valence-corrected chi connectivity index (χ4v) is 2.55. The lowest BCUT2D eigenvalue weighted by Gasteiger charge is -2.13. The minimum atomic E-state index is -0.237.